The molecule has 0 radical (unpaired) electrons. The molecule has 0 fully saturated rings. The molecule has 4 heteroatoms. The second-order valence-corrected chi connectivity index (χ2v) is 7.67. The van der Waals surface area contributed by atoms with Crippen LogP contribution < -0.4 is 0 Å². The Morgan fingerprint density at radius 3 is 1.12 bits per heavy atom. The van der Waals surface area contributed by atoms with Crippen LogP contribution in [0.4, 0.5) is 0 Å². The molecular weight excluding hydrogens is 444 g/mol. The molecule has 0 amide bonds. The minimum absolute atomic E-state index is 0. The molecule has 3 nitrogen and oxygen atoms in total. The summed E-state index contributed by atoms with van der Waals surface area (Å²) in [6, 6.07) is 31.2. The summed E-state index contributed by atoms with van der Waals surface area (Å²) >= 11 is 0. The largest absolute Gasteiger partial charge is 2.00 e. The van der Waals surface area contributed by atoms with E-state index < -0.39 is 5.60 Å². The van der Waals surface area contributed by atoms with Crippen LogP contribution in [-0.2, 0) is 32.1 Å². The van der Waals surface area contributed by atoms with Crippen LogP contribution in [0, 0.1) is 14.4 Å². The van der Waals surface area contributed by atoms with Crippen molar-refractivity contribution in [1.82, 2.24) is 0 Å². The maximum Gasteiger partial charge on any atom is 2.00 e. The molecule has 3 aromatic rings. The van der Waals surface area contributed by atoms with Gasteiger partial charge in [0.1, 0.15) is 5.60 Å². The van der Waals surface area contributed by atoms with Crippen molar-refractivity contribution in [2.45, 2.75) is 51.9 Å². The molecule has 0 atom stereocenters. The molecule has 0 bridgehead atoms. The van der Waals surface area contributed by atoms with Crippen LogP contribution in [-0.4, -0.2) is 29.0 Å². The van der Waals surface area contributed by atoms with E-state index in [9.17, 15) is 0 Å². The minimum atomic E-state index is -0.610. The van der Waals surface area contributed by atoms with Gasteiger partial charge in [-0.3, -0.25) is 0 Å². The van der Waals surface area contributed by atoms with Crippen molar-refractivity contribution >= 4 is 0 Å². The zero-order valence-corrected chi connectivity index (χ0v) is 22.3. The molecule has 3 aromatic carbocycles. The number of benzene rings is 3. The Kier molecular flexibility index (Phi) is 18.9. The summed E-state index contributed by atoms with van der Waals surface area (Å²) in [6.07, 6.45) is 0.397. The zero-order valence-electron chi connectivity index (χ0n) is 20.7. The summed E-state index contributed by atoms with van der Waals surface area (Å²) in [5.41, 5.74) is 2.78. The van der Waals surface area contributed by atoms with Gasteiger partial charge in [-0.25, -0.2) is 0 Å². The van der Waals surface area contributed by atoms with E-state index in [2.05, 4.69) is 79.7 Å². The Hall–Kier alpha value is -1.75. The first-order valence-electron chi connectivity index (χ1n) is 10.8. The first-order chi connectivity index (χ1) is 14.8. The first kappa shape index (κ1) is 33.4. The van der Waals surface area contributed by atoms with Gasteiger partial charge in [0.2, 0.25) is 0 Å². The van der Waals surface area contributed by atoms with Crippen LogP contribution in [0.1, 0.15) is 50.8 Å². The number of hydrogen-bond donors (Lipinski definition) is 2. The fourth-order valence-corrected chi connectivity index (χ4v) is 2.99. The number of hydrogen-bond acceptors (Lipinski definition) is 3. The maximum absolute atomic E-state index is 8.06. The maximum atomic E-state index is 8.06. The Bertz CT molecular complexity index is 698. The third kappa shape index (κ3) is 11.8. The third-order valence-corrected chi connectivity index (χ3v) is 4.00. The molecule has 0 spiro atoms. The predicted molar refractivity (Wildman–Crippen MR) is 136 cm³/mol. The summed E-state index contributed by atoms with van der Waals surface area (Å²) in [7, 11) is 0. The number of ether oxygens (including phenoxy) is 1. The molecule has 178 valence electrons. The van der Waals surface area contributed by atoms with E-state index >= 15 is 0 Å². The summed E-state index contributed by atoms with van der Waals surface area (Å²) in [6.45, 7) is 11.4. The summed E-state index contributed by atoms with van der Waals surface area (Å²) in [5.74, 6) is 0. The minimum Gasteiger partial charge on any atom is -0.394 e. The van der Waals surface area contributed by atoms with Crippen LogP contribution in [0.15, 0.2) is 91.0 Å². The van der Waals surface area contributed by atoms with Crippen molar-refractivity contribution in [2.24, 2.45) is 0 Å². The SMILES string of the molecule is CC(C)O.CC(C)O.[CH2-]CCOC(c1ccccc1)(c1ccccc1)c1ccccc1.[CH3-].[Ti+2]. The topological polar surface area (TPSA) is 49.7 Å². The predicted octanol–water partition coefficient (Wildman–Crippen LogP) is 6.44. The van der Waals surface area contributed by atoms with Crippen molar-refractivity contribution in [3.8, 4) is 0 Å². The standard InChI is InChI=1S/C22H21O.2C3H8O.CH3.Ti/c1-2-18-23-22(19-12-6-3-7-13-19,20-14-8-4-9-15-20)21-16-10-5-11-17-21;2*1-3(2)4;;/h3-17H,1-2,18H2;2*3-4H,1-2H3;1H3;/q-1;;;-1;+2. The molecular formula is C29H40O3Ti. The molecule has 3 rings (SSSR count). The summed E-state index contributed by atoms with van der Waals surface area (Å²) in [5, 5.41) is 16.1. The van der Waals surface area contributed by atoms with E-state index in [0.29, 0.717) is 6.61 Å². The van der Waals surface area contributed by atoms with Crippen LogP contribution in [0.5, 0.6) is 0 Å². The Morgan fingerprint density at radius 1 is 0.667 bits per heavy atom. The Labute approximate surface area is 216 Å². The zero-order chi connectivity index (χ0) is 23.1. The van der Waals surface area contributed by atoms with E-state index in [1.54, 1.807) is 27.7 Å². The first-order valence-corrected chi connectivity index (χ1v) is 10.8. The molecule has 2 N–H and O–H groups in total. The van der Waals surface area contributed by atoms with Crippen molar-refractivity contribution in [1.29, 1.82) is 0 Å². The molecule has 0 aliphatic heterocycles. The van der Waals surface area contributed by atoms with Crippen molar-refractivity contribution in [2.75, 3.05) is 6.61 Å². The van der Waals surface area contributed by atoms with Crippen molar-refractivity contribution in [3.63, 3.8) is 0 Å². The van der Waals surface area contributed by atoms with Crippen LogP contribution in [0.2, 0.25) is 0 Å². The van der Waals surface area contributed by atoms with Gasteiger partial charge >= 0.3 is 21.7 Å². The van der Waals surface area contributed by atoms with Gasteiger partial charge in [-0.2, -0.15) is 6.42 Å². The second kappa shape index (κ2) is 18.7. The number of rotatable bonds is 6. The fraction of sp³-hybridized carbons (Fsp3) is 0.310. The van der Waals surface area contributed by atoms with Gasteiger partial charge in [0.25, 0.3) is 0 Å². The quantitative estimate of drug-likeness (QED) is 0.240. The normalized spacial score (nSPS) is 10.1. The van der Waals surface area contributed by atoms with Gasteiger partial charge in [-0.1, -0.05) is 91.0 Å². The van der Waals surface area contributed by atoms with E-state index in [1.165, 1.54) is 0 Å². The molecule has 0 heterocycles. The average Bonchev–Trinajstić information content (AvgIpc) is 2.76. The van der Waals surface area contributed by atoms with Gasteiger partial charge in [-0.15, -0.1) is 0 Å². The second-order valence-electron chi connectivity index (χ2n) is 7.67. The van der Waals surface area contributed by atoms with Crippen molar-refractivity contribution < 1.29 is 36.7 Å². The molecule has 0 saturated carbocycles. The van der Waals surface area contributed by atoms with E-state index in [4.69, 9.17) is 14.9 Å². The monoisotopic (exact) mass is 484 g/mol. The molecule has 33 heavy (non-hydrogen) atoms. The summed E-state index contributed by atoms with van der Waals surface area (Å²) < 4.78 is 6.47. The van der Waals surface area contributed by atoms with E-state index in [-0.39, 0.29) is 41.4 Å². The van der Waals surface area contributed by atoms with E-state index in [0.717, 1.165) is 23.1 Å². The van der Waals surface area contributed by atoms with Gasteiger partial charge in [-0.05, 0) is 44.4 Å². The average molecular weight is 485 g/mol. The Balaban J connectivity index is 0. The molecule has 0 unspecified atom stereocenters. The molecule has 0 saturated heterocycles. The van der Waals surface area contributed by atoms with Gasteiger partial charge in [0.05, 0.1) is 0 Å². The van der Waals surface area contributed by atoms with Crippen LogP contribution in [0.25, 0.3) is 0 Å². The molecule has 0 aliphatic carbocycles. The van der Waals surface area contributed by atoms with Crippen LogP contribution in [0.3, 0.4) is 0 Å². The van der Waals surface area contributed by atoms with Crippen LogP contribution >= 0.6 is 0 Å². The van der Waals surface area contributed by atoms with Gasteiger partial charge in [0, 0.05) is 18.8 Å². The fourth-order valence-electron chi connectivity index (χ4n) is 2.99. The molecule has 0 aliphatic rings. The van der Waals surface area contributed by atoms with E-state index in [1.807, 2.05) is 18.2 Å². The Morgan fingerprint density at radius 2 is 0.909 bits per heavy atom. The number of aliphatic hydroxyl groups excluding tert-OH is 2. The summed E-state index contributed by atoms with van der Waals surface area (Å²) in [4.78, 5) is 0. The van der Waals surface area contributed by atoms with Gasteiger partial charge in [0.15, 0.2) is 0 Å². The smallest absolute Gasteiger partial charge is 0.394 e. The van der Waals surface area contributed by atoms with Crippen molar-refractivity contribution in [3.05, 3.63) is 122 Å². The molecule has 0 aromatic heterocycles. The van der Waals surface area contributed by atoms with Gasteiger partial charge < -0.3 is 29.3 Å². The third-order valence-electron chi connectivity index (χ3n) is 4.00. The number of aliphatic hydroxyl groups is 2.